The van der Waals surface area contributed by atoms with Gasteiger partial charge >= 0.3 is 0 Å². The van der Waals surface area contributed by atoms with Gasteiger partial charge in [-0.2, -0.15) is 11.3 Å². The monoisotopic (exact) mass is 260 g/mol. The van der Waals surface area contributed by atoms with E-state index in [4.69, 9.17) is 4.74 Å². The van der Waals surface area contributed by atoms with Gasteiger partial charge in [0.05, 0.1) is 6.10 Å². The van der Waals surface area contributed by atoms with E-state index in [-0.39, 0.29) is 6.10 Å². The van der Waals surface area contributed by atoms with Crippen molar-refractivity contribution in [1.82, 2.24) is 0 Å². The topological polar surface area (TPSA) is 29.5 Å². The van der Waals surface area contributed by atoms with Gasteiger partial charge in [-0.25, -0.2) is 0 Å². The standard InChI is InChI=1S/C15H16O2S/c16-15-3-1-2-12-4-5-13(8-14(12)15)17-9-11-6-7-18-10-11/h4-8,10,15-16H,1-3,9H2/t15-/m1/s1. The molecule has 0 unspecified atom stereocenters. The molecule has 3 rings (SSSR count). The van der Waals surface area contributed by atoms with Gasteiger partial charge in [0.15, 0.2) is 0 Å². The van der Waals surface area contributed by atoms with Gasteiger partial charge in [-0.1, -0.05) is 6.07 Å². The summed E-state index contributed by atoms with van der Waals surface area (Å²) in [7, 11) is 0. The minimum absolute atomic E-state index is 0.321. The molecule has 0 bridgehead atoms. The zero-order valence-corrected chi connectivity index (χ0v) is 11.0. The predicted octanol–water partition coefficient (Wildman–Crippen LogP) is 3.70. The van der Waals surface area contributed by atoms with Gasteiger partial charge in [0.1, 0.15) is 12.4 Å². The Kier molecular flexibility index (Phi) is 3.35. The van der Waals surface area contributed by atoms with Crippen LogP contribution < -0.4 is 4.74 Å². The number of hydrogen-bond acceptors (Lipinski definition) is 3. The van der Waals surface area contributed by atoms with Gasteiger partial charge in [0.25, 0.3) is 0 Å². The molecule has 2 nitrogen and oxygen atoms in total. The van der Waals surface area contributed by atoms with Gasteiger partial charge in [-0.05, 0) is 64.9 Å². The average molecular weight is 260 g/mol. The predicted molar refractivity (Wildman–Crippen MR) is 73.0 cm³/mol. The molecule has 2 aromatic rings. The average Bonchev–Trinajstić information content (AvgIpc) is 2.90. The van der Waals surface area contributed by atoms with E-state index in [1.807, 2.05) is 12.1 Å². The summed E-state index contributed by atoms with van der Waals surface area (Å²) in [5.41, 5.74) is 3.50. The Bertz CT molecular complexity index is 519. The van der Waals surface area contributed by atoms with Gasteiger partial charge < -0.3 is 9.84 Å². The number of benzene rings is 1. The molecular weight excluding hydrogens is 244 g/mol. The van der Waals surface area contributed by atoms with Crippen molar-refractivity contribution in [3.63, 3.8) is 0 Å². The molecule has 0 spiro atoms. The van der Waals surface area contributed by atoms with Crippen molar-refractivity contribution in [2.24, 2.45) is 0 Å². The SMILES string of the molecule is O[C@@H]1CCCc2ccc(OCc3ccsc3)cc21. The fourth-order valence-electron chi connectivity index (χ4n) is 2.38. The number of fused-ring (bicyclic) bond motifs is 1. The number of hydrogen-bond donors (Lipinski definition) is 1. The van der Waals surface area contributed by atoms with Crippen molar-refractivity contribution in [2.45, 2.75) is 32.0 Å². The lowest BCUT2D eigenvalue weighted by Crippen LogP contribution is -2.09. The third-order valence-electron chi connectivity index (χ3n) is 3.39. The van der Waals surface area contributed by atoms with E-state index in [0.717, 1.165) is 30.6 Å². The Labute approximate surface area is 111 Å². The molecule has 1 heterocycles. The second kappa shape index (κ2) is 5.12. The smallest absolute Gasteiger partial charge is 0.120 e. The number of rotatable bonds is 3. The van der Waals surface area contributed by atoms with E-state index in [2.05, 4.69) is 22.9 Å². The van der Waals surface area contributed by atoms with Crippen molar-refractivity contribution in [3.05, 3.63) is 51.7 Å². The van der Waals surface area contributed by atoms with Crippen LogP contribution in [-0.2, 0) is 13.0 Å². The summed E-state index contributed by atoms with van der Waals surface area (Å²) in [6, 6.07) is 8.15. The number of thiophene rings is 1. The minimum Gasteiger partial charge on any atom is -0.489 e. The molecule has 1 aromatic heterocycles. The van der Waals surface area contributed by atoms with Crippen molar-refractivity contribution >= 4 is 11.3 Å². The summed E-state index contributed by atoms with van der Waals surface area (Å²) < 4.78 is 5.76. The molecule has 1 atom stereocenters. The quantitative estimate of drug-likeness (QED) is 0.912. The Balaban J connectivity index is 1.75. The lowest BCUT2D eigenvalue weighted by Gasteiger charge is -2.21. The van der Waals surface area contributed by atoms with Gasteiger partial charge in [-0.15, -0.1) is 0 Å². The Morgan fingerprint density at radius 2 is 2.28 bits per heavy atom. The first-order chi connectivity index (χ1) is 8.83. The second-order valence-electron chi connectivity index (χ2n) is 4.69. The maximum absolute atomic E-state index is 9.98. The first kappa shape index (κ1) is 11.8. The maximum atomic E-state index is 9.98. The number of ether oxygens (including phenoxy) is 1. The molecule has 1 aliphatic rings. The van der Waals surface area contributed by atoms with Crippen LogP contribution in [0.2, 0.25) is 0 Å². The summed E-state index contributed by atoms with van der Waals surface area (Å²) in [4.78, 5) is 0. The van der Waals surface area contributed by atoms with E-state index in [1.165, 1.54) is 11.1 Å². The molecule has 94 valence electrons. The highest BCUT2D eigenvalue weighted by molar-refractivity contribution is 7.07. The van der Waals surface area contributed by atoms with E-state index < -0.39 is 0 Å². The number of aliphatic hydroxyl groups excluding tert-OH is 1. The molecule has 0 saturated heterocycles. The van der Waals surface area contributed by atoms with E-state index in [1.54, 1.807) is 11.3 Å². The molecule has 18 heavy (non-hydrogen) atoms. The van der Waals surface area contributed by atoms with Crippen LogP contribution in [0.3, 0.4) is 0 Å². The Hall–Kier alpha value is -1.32. The number of aryl methyl sites for hydroxylation is 1. The zero-order chi connectivity index (χ0) is 12.4. The third-order valence-corrected chi connectivity index (χ3v) is 4.12. The van der Waals surface area contributed by atoms with Crippen LogP contribution in [0.5, 0.6) is 5.75 Å². The zero-order valence-electron chi connectivity index (χ0n) is 10.1. The molecule has 1 aromatic carbocycles. The molecule has 0 amide bonds. The van der Waals surface area contributed by atoms with Gasteiger partial charge in [-0.3, -0.25) is 0 Å². The van der Waals surface area contributed by atoms with E-state index in [0.29, 0.717) is 6.61 Å². The van der Waals surface area contributed by atoms with Crippen molar-refractivity contribution in [3.8, 4) is 5.75 Å². The van der Waals surface area contributed by atoms with Crippen LogP contribution in [-0.4, -0.2) is 5.11 Å². The first-order valence-corrected chi connectivity index (χ1v) is 7.22. The Morgan fingerprint density at radius 1 is 1.33 bits per heavy atom. The molecule has 0 aliphatic heterocycles. The summed E-state index contributed by atoms with van der Waals surface area (Å²) in [6.07, 6.45) is 2.68. The summed E-state index contributed by atoms with van der Waals surface area (Å²) in [5, 5.41) is 14.1. The largest absolute Gasteiger partial charge is 0.489 e. The van der Waals surface area contributed by atoms with Crippen molar-refractivity contribution in [2.75, 3.05) is 0 Å². The highest BCUT2D eigenvalue weighted by Gasteiger charge is 2.18. The van der Waals surface area contributed by atoms with E-state index in [9.17, 15) is 5.11 Å². The van der Waals surface area contributed by atoms with Crippen LogP contribution in [0, 0.1) is 0 Å². The summed E-state index contributed by atoms with van der Waals surface area (Å²) in [5.74, 6) is 0.848. The molecule has 0 radical (unpaired) electrons. The fraction of sp³-hybridized carbons (Fsp3) is 0.333. The maximum Gasteiger partial charge on any atom is 0.120 e. The lowest BCUT2D eigenvalue weighted by molar-refractivity contribution is 0.156. The van der Waals surface area contributed by atoms with Crippen LogP contribution in [0.15, 0.2) is 35.0 Å². The summed E-state index contributed by atoms with van der Waals surface area (Å²) in [6.45, 7) is 0.596. The minimum atomic E-state index is -0.321. The van der Waals surface area contributed by atoms with Crippen LogP contribution in [0.1, 0.15) is 35.6 Å². The van der Waals surface area contributed by atoms with Crippen molar-refractivity contribution in [1.29, 1.82) is 0 Å². The molecule has 1 aliphatic carbocycles. The molecule has 1 N–H and O–H groups in total. The van der Waals surface area contributed by atoms with Crippen LogP contribution >= 0.6 is 11.3 Å². The van der Waals surface area contributed by atoms with Crippen LogP contribution in [0.25, 0.3) is 0 Å². The molecule has 3 heteroatoms. The molecule has 0 fully saturated rings. The second-order valence-corrected chi connectivity index (χ2v) is 5.47. The van der Waals surface area contributed by atoms with Crippen molar-refractivity contribution < 1.29 is 9.84 Å². The summed E-state index contributed by atoms with van der Waals surface area (Å²) >= 11 is 1.68. The normalized spacial score (nSPS) is 18.4. The first-order valence-electron chi connectivity index (χ1n) is 6.28. The van der Waals surface area contributed by atoms with E-state index >= 15 is 0 Å². The lowest BCUT2D eigenvalue weighted by atomic mass is 9.89. The molecular formula is C15H16O2S. The fourth-order valence-corrected chi connectivity index (χ4v) is 3.04. The number of aliphatic hydroxyl groups is 1. The highest BCUT2D eigenvalue weighted by Crippen LogP contribution is 2.32. The van der Waals surface area contributed by atoms with Gasteiger partial charge in [0.2, 0.25) is 0 Å². The van der Waals surface area contributed by atoms with Gasteiger partial charge in [0, 0.05) is 0 Å². The Morgan fingerprint density at radius 3 is 3.11 bits per heavy atom. The highest BCUT2D eigenvalue weighted by atomic mass is 32.1. The third kappa shape index (κ3) is 2.42. The van der Waals surface area contributed by atoms with Crippen LogP contribution in [0.4, 0.5) is 0 Å². The molecule has 0 saturated carbocycles.